The van der Waals surface area contributed by atoms with Crippen LogP contribution >= 0.6 is 11.6 Å². The maximum atomic E-state index is 13.1. The molecule has 1 aliphatic rings. The van der Waals surface area contributed by atoms with E-state index in [0.717, 1.165) is 5.56 Å². The molecule has 1 fully saturated rings. The minimum atomic E-state index is -0.507. The number of hydrogen-bond donors (Lipinski definition) is 0. The maximum Gasteiger partial charge on any atom is 0.183 e. The molecule has 2 aromatic carbocycles. The molecule has 0 spiro atoms. The largest absolute Gasteiger partial charge is 0.351 e. The molecule has 0 radical (unpaired) electrons. The molecular weight excluding hydrogens is 310 g/mol. The van der Waals surface area contributed by atoms with Crippen molar-refractivity contribution in [1.29, 1.82) is 0 Å². The summed E-state index contributed by atoms with van der Waals surface area (Å²) < 4.78 is 6.21. The first-order valence-electron chi connectivity index (χ1n) is 7.65. The van der Waals surface area contributed by atoms with E-state index in [9.17, 15) is 4.79 Å². The van der Waals surface area contributed by atoms with Gasteiger partial charge in [-0.3, -0.25) is 9.69 Å². The zero-order chi connectivity index (χ0) is 16.6. The summed E-state index contributed by atoms with van der Waals surface area (Å²) in [5.41, 5.74) is 1.15. The van der Waals surface area contributed by atoms with Gasteiger partial charge in [0.2, 0.25) is 0 Å². The van der Waals surface area contributed by atoms with Crippen LogP contribution in [0.15, 0.2) is 54.6 Å². The first kappa shape index (κ1) is 16.2. The van der Waals surface area contributed by atoms with Crippen molar-refractivity contribution in [2.45, 2.75) is 31.7 Å². The van der Waals surface area contributed by atoms with Crippen LogP contribution < -0.4 is 0 Å². The van der Waals surface area contributed by atoms with Gasteiger partial charge in [0.05, 0.1) is 0 Å². The van der Waals surface area contributed by atoms with Gasteiger partial charge < -0.3 is 4.74 Å². The lowest BCUT2D eigenvalue weighted by Gasteiger charge is -2.28. The normalized spacial score (nSPS) is 23.8. The van der Waals surface area contributed by atoms with Gasteiger partial charge in [0.1, 0.15) is 17.9 Å². The molecular formula is C19H20ClNO2. The van der Waals surface area contributed by atoms with Crippen molar-refractivity contribution >= 4 is 17.4 Å². The highest BCUT2D eigenvalue weighted by Crippen LogP contribution is 2.41. The molecule has 2 atom stereocenters. The third-order valence-corrected chi connectivity index (χ3v) is 4.75. The fourth-order valence-corrected chi connectivity index (χ4v) is 3.11. The summed E-state index contributed by atoms with van der Waals surface area (Å²) in [6.07, 6.45) is -0.292. The van der Waals surface area contributed by atoms with E-state index in [4.69, 9.17) is 16.3 Å². The van der Waals surface area contributed by atoms with Crippen molar-refractivity contribution in [2.24, 2.45) is 0 Å². The number of ether oxygens (including phenoxy) is 1. The number of nitrogens with zero attached hydrogens (tertiary/aromatic N) is 1. The Morgan fingerprint density at radius 3 is 2.30 bits per heavy atom. The summed E-state index contributed by atoms with van der Waals surface area (Å²) in [5.74, 6) is 0.0450. The summed E-state index contributed by atoms with van der Waals surface area (Å²) >= 11 is 5.93. The second-order valence-corrected chi connectivity index (χ2v) is 6.76. The van der Waals surface area contributed by atoms with E-state index in [-0.39, 0.29) is 17.9 Å². The number of halogens is 1. The molecule has 0 unspecified atom stereocenters. The second kappa shape index (κ2) is 6.08. The Balaban J connectivity index is 1.99. The van der Waals surface area contributed by atoms with Gasteiger partial charge in [-0.15, -0.1) is 0 Å². The van der Waals surface area contributed by atoms with Crippen molar-refractivity contribution in [3.63, 3.8) is 0 Å². The average Bonchev–Trinajstić information content (AvgIpc) is 2.79. The number of benzene rings is 2. The highest BCUT2D eigenvalue weighted by molar-refractivity contribution is 6.30. The lowest BCUT2D eigenvalue weighted by molar-refractivity contribution is -0.0683. The van der Waals surface area contributed by atoms with Crippen LogP contribution in [0.25, 0.3) is 0 Å². The smallest absolute Gasteiger partial charge is 0.183 e. The molecule has 0 aromatic heterocycles. The zero-order valence-electron chi connectivity index (χ0n) is 13.5. The first-order valence-corrected chi connectivity index (χ1v) is 8.03. The number of likely N-dealkylation sites (N-methyl/N-ethyl adjacent to an activating group) is 1. The van der Waals surface area contributed by atoms with Gasteiger partial charge in [-0.1, -0.05) is 41.9 Å². The van der Waals surface area contributed by atoms with Crippen molar-refractivity contribution < 1.29 is 9.53 Å². The summed E-state index contributed by atoms with van der Waals surface area (Å²) in [6, 6.07) is 16.6. The molecule has 0 bridgehead atoms. The van der Waals surface area contributed by atoms with Crippen molar-refractivity contribution in [2.75, 3.05) is 7.05 Å². The van der Waals surface area contributed by atoms with E-state index in [1.807, 2.05) is 56.1 Å². The standard InChI is InChI=1S/C19H20ClNO2/c1-19(2)21(3)16(17(22)13-9-11-15(20)12-10-13)18(23-19)14-7-5-4-6-8-14/h4-12,16,18H,1-3H3/t16-,18+/m0/s1. The number of ketones is 1. The third-order valence-electron chi connectivity index (χ3n) is 4.49. The van der Waals surface area contributed by atoms with Crippen LogP contribution in [-0.2, 0) is 4.74 Å². The van der Waals surface area contributed by atoms with Crippen LogP contribution in [0.5, 0.6) is 0 Å². The Hall–Kier alpha value is -1.68. The lowest BCUT2D eigenvalue weighted by Crippen LogP contribution is -2.44. The van der Waals surface area contributed by atoms with E-state index < -0.39 is 5.72 Å². The predicted octanol–water partition coefficient (Wildman–Crippen LogP) is 4.33. The molecule has 23 heavy (non-hydrogen) atoms. The molecule has 1 heterocycles. The van der Waals surface area contributed by atoms with Crippen LogP contribution in [0.3, 0.4) is 0 Å². The highest BCUT2D eigenvalue weighted by Gasteiger charge is 2.49. The van der Waals surface area contributed by atoms with Gasteiger partial charge in [0, 0.05) is 10.6 Å². The fraction of sp³-hybridized carbons (Fsp3) is 0.316. The molecule has 2 aromatic rings. The maximum absolute atomic E-state index is 13.1. The molecule has 0 saturated carbocycles. The molecule has 1 saturated heterocycles. The predicted molar refractivity (Wildman–Crippen MR) is 91.7 cm³/mol. The molecule has 4 heteroatoms. The minimum absolute atomic E-state index is 0.0450. The number of carbonyl (C=O) groups excluding carboxylic acids is 1. The van der Waals surface area contributed by atoms with Gasteiger partial charge in [-0.25, -0.2) is 0 Å². The van der Waals surface area contributed by atoms with Crippen molar-refractivity contribution in [3.05, 3.63) is 70.7 Å². The molecule has 120 valence electrons. The lowest BCUT2D eigenvalue weighted by atomic mass is 9.94. The fourth-order valence-electron chi connectivity index (χ4n) is 2.99. The Bertz CT molecular complexity index is 697. The van der Waals surface area contributed by atoms with Crippen LogP contribution in [0.4, 0.5) is 0 Å². The quantitative estimate of drug-likeness (QED) is 0.785. The topological polar surface area (TPSA) is 29.5 Å². The second-order valence-electron chi connectivity index (χ2n) is 6.32. The Labute approximate surface area is 141 Å². The van der Waals surface area contributed by atoms with Crippen LogP contribution in [0, 0.1) is 0 Å². The monoisotopic (exact) mass is 329 g/mol. The molecule has 0 aliphatic carbocycles. The number of rotatable bonds is 3. The van der Waals surface area contributed by atoms with Gasteiger partial charge >= 0.3 is 0 Å². The average molecular weight is 330 g/mol. The Morgan fingerprint density at radius 1 is 1.09 bits per heavy atom. The van der Waals surface area contributed by atoms with E-state index in [0.29, 0.717) is 10.6 Å². The molecule has 3 rings (SSSR count). The van der Waals surface area contributed by atoms with Gasteiger partial charge in [0.15, 0.2) is 5.78 Å². The SMILES string of the molecule is CN1[C@@H](C(=O)c2ccc(Cl)cc2)[C@@H](c2ccccc2)OC1(C)C. The molecule has 0 amide bonds. The molecule has 3 nitrogen and oxygen atoms in total. The van der Waals surface area contributed by atoms with Crippen LogP contribution in [0.2, 0.25) is 5.02 Å². The third kappa shape index (κ3) is 3.05. The van der Waals surface area contributed by atoms with E-state index in [2.05, 4.69) is 0 Å². The van der Waals surface area contributed by atoms with Crippen LogP contribution in [0.1, 0.15) is 35.9 Å². The van der Waals surface area contributed by atoms with Gasteiger partial charge in [-0.05, 0) is 50.7 Å². The summed E-state index contributed by atoms with van der Waals surface area (Å²) in [7, 11) is 1.93. The summed E-state index contributed by atoms with van der Waals surface area (Å²) in [5, 5.41) is 0.623. The molecule has 0 N–H and O–H groups in total. The van der Waals surface area contributed by atoms with Gasteiger partial charge in [0.25, 0.3) is 0 Å². The van der Waals surface area contributed by atoms with E-state index >= 15 is 0 Å². The zero-order valence-corrected chi connectivity index (χ0v) is 14.2. The summed E-state index contributed by atoms with van der Waals surface area (Å²) in [6.45, 7) is 3.97. The minimum Gasteiger partial charge on any atom is -0.351 e. The Kier molecular flexibility index (Phi) is 4.28. The number of Topliss-reactive ketones (excluding diaryl/α,β-unsaturated/α-hetero) is 1. The van der Waals surface area contributed by atoms with Crippen molar-refractivity contribution in [1.82, 2.24) is 4.90 Å². The first-order chi connectivity index (χ1) is 10.9. The van der Waals surface area contributed by atoms with Crippen LogP contribution in [-0.4, -0.2) is 29.5 Å². The van der Waals surface area contributed by atoms with E-state index in [1.165, 1.54) is 0 Å². The van der Waals surface area contributed by atoms with E-state index in [1.54, 1.807) is 24.3 Å². The van der Waals surface area contributed by atoms with Crippen molar-refractivity contribution in [3.8, 4) is 0 Å². The number of hydrogen-bond acceptors (Lipinski definition) is 3. The number of carbonyl (C=O) groups is 1. The summed E-state index contributed by atoms with van der Waals surface area (Å²) in [4.78, 5) is 15.1. The Morgan fingerprint density at radius 2 is 1.70 bits per heavy atom. The van der Waals surface area contributed by atoms with Gasteiger partial charge in [-0.2, -0.15) is 0 Å². The highest BCUT2D eigenvalue weighted by atomic mass is 35.5. The molecule has 1 aliphatic heterocycles.